The minimum atomic E-state index is -0.451. The summed E-state index contributed by atoms with van der Waals surface area (Å²) >= 11 is 2.96. The summed E-state index contributed by atoms with van der Waals surface area (Å²) in [7, 11) is 3.52. The Morgan fingerprint density at radius 2 is 2.38 bits per heavy atom. The largest absolute Gasteiger partial charge is 0.381 e. The molecule has 1 unspecified atom stereocenters. The van der Waals surface area contributed by atoms with E-state index in [9.17, 15) is 10.1 Å². The molecule has 0 amide bonds. The number of rotatable bonds is 5. The summed E-state index contributed by atoms with van der Waals surface area (Å²) in [6, 6.07) is 0. The van der Waals surface area contributed by atoms with Gasteiger partial charge in [0.15, 0.2) is 5.82 Å². The molecule has 0 saturated carbocycles. The van der Waals surface area contributed by atoms with Gasteiger partial charge in [0.2, 0.25) is 0 Å². The number of hydrogen-bond donors (Lipinski definition) is 1. The predicted molar refractivity (Wildman–Crippen MR) is 63.6 cm³/mol. The molecule has 0 aromatic heterocycles. The summed E-state index contributed by atoms with van der Waals surface area (Å²) in [4.78, 5) is 11.9. The lowest BCUT2D eigenvalue weighted by Crippen LogP contribution is -2.31. The lowest BCUT2D eigenvalue weighted by atomic mass is 10.1. The van der Waals surface area contributed by atoms with Crippen LogP contribution in [-0.2, 0) is 4.74 Å². The molecule has 92 valence electrons. The van der Waals surface area contributed by atoms with E-state index in [0.717, 1.165) is 19.6 Å². The minimum absolute atomic E-state index is 0.0450. The van der Waals surface area contributed by atoms with Crippen LogP contribution < -0.4 is 5.32 Å². The number of ether oxygens (including phenoxy) is 1. The Kier molecular flexibility index (Phi) is 5.01. The van der Waals surface area contributed by atoms with Crippen LogP contribution in [0.4, 0.5) is 0 Å². The van der Waals surface area contributed by atoms with Gasteiger partial charge in [-0.3, -0.25) is 10.1 Å². The van der Waals surface area contributed by atoms with E-state index in [2.05, 4.69) is 21.2 Å². The highest BCUT2D eigenvalue weighted by Gasteiger charge is 2.20. The maximum absolute atomic E-state index is 10.7. The third-order valence-electron chi connectivity index (χ3n) is 2.39. The van der Waals surface area contributed by atoms with Crippen molar-refractivity contribution in [1.82, 2.24) is 10.2 Å². The molecule has 1 aliphatic heterocycles. The van der Waals surface area contributed by atoms with Crippen molar-refractivity contribution in [3.05, 3.63) is 20.5 Å². The van der Waals surface area contributed by atoms with E-state index < -0.39 is 4.92 Å². The summed E-state index contributed by atoms with van der Waals surface area (Å²) in [6.45, 7) is 2.20. The first kappa shape index (κ1) is 13.2. The maximum atomic E-state index is 10.7. The number of halogens is 1. The molecule has 1 aliphatic rings. The molecule has 1 rings (SSSR count). The van der Waals surface area contributed by atoms with E-state index in [4.69, 9.17) is 4.74 Å². The van der Waals surface area contributed by atoms with E-state index in [0.29, 0.717) is 18.3 Å². The molecule has 1 heterocycles. The van der Waals surface area contributed by atoms with Gasteiger partial charge in [-0.05, 0) is 6.42 Å². The normalized spacial score (nSPS) is 21.6. The fraction of sp³-hybridized carbons (Fsp3) is 0.778. The molecule has 1 fully saturated rings. The summed E-state index contributed by atoms with van der Waals surface area (Å²) in [6.07, 6.45) is 1.00. The average Bonchev–Trinajstić information content (AvgIpc) is 2.69. The smallest absolute Gasteiger partial charge is 0.350 e. The molecule has 1 atom stereocenters. The Morgan fingerprint density at radius 3 is 2.81 bits per heavy atom. The summed E-state index contributed by atoms with van der Waals surface area (Å²) in [5.74, 6) is 0.916. The summed E-state index contributed by atoms with van der Waals surface area (Å²) in [5.41, 5.74) is 0. The van der Waals surface area contributed by atoms with E-state index in [1.807, 2.05) is 0 Å². The van der Waals surface area contributed by atoms with Crippen molar-refractivity contribution in [2.24, 2.45) is 5.92 Å². The standard InChI is InChI=1S/C9H16BrN3O3/c1-12(2)9(8(10)13(14)15)11-5-7-3-4-16-6-7/h7,11H,3-6H2,1-2H3. The predicted octanol–water partition coefficient (Wildman–Crippen LogP) is 0.972. The molecular formula is C9H16BrN3O3. The second-order valence-corrected chi connectivity index (χ2v) is 4.65. The molecule has 7 heteroatoms. The highest BCUT2D eigenvalue weighted by atomic mass is 79.9. The van der Waals surface area contributed by atoms with Crippen LogP contribution in [0.25, 0.3) is 0 Å². The molecule has 1 saturated heterocycles. The van der Waals surface area contributed by atoms with E-state index >= 15 is 0 Å². The number of nitrogens with one attached hydrogen (secondary N) is 1. The van der Waals surface area contributed by atoms with Crippen molar-refractivity contribution in [2.45, 2.75) is 6.42 Å². The Hall–Kier alpha value is -0.820. The van der Waals surface area contributed by atoms with Crippen LogP contribution >= 0.6 is 15.9 Å². The second-order valence-electron chi connectivity index (χ2n) is 3.90. The van der Waals surface area contributed by atoms with Crippen LogP contribution in [-0.4, -0.2) is 43.7 Å². The topological polar surface area (TPSA) is 67.6 Å². The SMILES string of the molecule is CN(C)C(NCC1CCOC1)=C(Br)[N+](=O)[O-]. The zero-order valence-electron chi connectivity index (χ0n) is 9.40. The van der Waals surface area contributed by atoms with Crippen molar-refractivity contribution >= 4 is 15.9 Å². The van der Waals surface area contributed by atoms with E-state index in [1.165, 1.54) is 0 Å². The molecule has 0 bridgehead atoms. The molecule has 0 aliphatic carbocycles. The van der Waals surface area contributed by atoms with Crippen LogP contribution in [0.15, 0.2) is 10.4 Å². The average molecular weight is 294 g/mol. The summed E-state index contributed by atoms with van der Waals surface area (Å²) in [5, 5.41) is 13.7. The van der Waals surface area contributed by atoms with Crippen LogP contribution in [0.3, 0.4) is 0 Å². The first-order valence-electron chi connectivity index (χ1n) is 5.05. The molecule has 0 radical (unpaired) electrons. The molecule has 1 N–H and O–H groups in total. The van der Waals surface area contributed by atoms with Gasteiger partial charge in [0.1, 0.15) is 0 Å². The van der Waals surface area contributed by atoms with Gasteiger partial charge in [-0.25, -0.2) is 0 Å². The third-order valence-corrected chi connectivity index (χ3v) is 3.05. The number of nitro groups is 1. The lowest BCUT2D eigenvalue weighted by molar-refractivity contribution is -0.411. The van der Waals surface area contributed by atoms with Crippen molar-refractivity contribution in [1.29, 1.82) is 0 Å². The molecule has 0 spiro atoms. The van der Waals surface area contributed by atoms with E-state index in [-0.39, 0.29) is 4.61 Å². The van der Waals surface area contributed by atoms with Crippen LogP contribution in [0.2, 0.25) is 0 Å². The third kappa shape index (κ3) is 3.64. The molecule has 0 aromatic carbocycles. The van der Waals surface area contributed by atoms with Crippen LogP contribution in [0.5, 0.6) is 0 Å². The minimum Gasteiger partial charge on any atom is -0.381 e. The zero-order valence-corrected chi connectivity index (χ0v) is 11.0. The second kappa shape index (κ2) is 6.05. The molecule has 16 heavy (non-hydrogen) atoms. The quantitative estimate of drug-likeness (QED) is 0.465. The van der Waals surface area contributed by atoms with Gasteiger partial charge in [-0.2, -0.15) is 0 Å². The Morgan fingerprint density at radius 1 is 1.69 bits per heavy atom. The van der Waals surface area contributed by atoms with Gasteiger partial charge in [0.25, 0.3) is 0 Å². The van der Waals surface area contributed by atoms with Gasteiger partial charge in [-0.15, -0.1) is 0 Å². The van der Waals surface area contributed by atoms with Crippen LogP contribution in [0.1, 0.15) is 6.42 Å². The maximum Gasteiger partial charge on any atom is 0.350 e. The van der Waals surface area contributed by atoms with Crippen molar-refractivity contribution in [3.63, 3.8) is 0 Å². The Labute approximate surface area is 103 Å². The Balaban J connectivity index is 2.57. The van der Waals surface area contributed by atoms with Crippen molar-refractivity contribution in [3.8, 4) is 0 Å². The highest BCUT2D eigenvalue weighted by Crippen LogP contribution is 2.15. The van der Waals surface area contributed by atoms with Gasteiger partial charge in [0, 0.05) is 49.1 Å². The highest BCUT2D eigenvalue weighted by molar-refractivity contribution is 9.11. The first-order valence-corrected chi connectivity index (χ1v) is 5.84. The molecule has 6 nitrogen and oxygen atoms in total. The van der Waals surface area contributed by atoms with Gasteiger partial charge in [-0.1, -0.05) is 0 Å². The fourth-order valence-electron chi connectivity index (χ4n) is 1.49. The Bertz CT molecular complexity index is 288. The number of hydrogen-bond acceptors (Lipinski definition) is 5. The van der Waals surface area contributed by atoms with Crippen molar-refractivity contribution in [2.75, 3.05) is 33.9 Å². The van der Waals surface area contributed by atoms with Crippen molar-refractivity contribution < 1.29 is 9.66 Å². The lowest BCUT2D eigenvalue weighted by Gasteiger charge is -2.19. The number of nitrogens with zero attached hydrogens (tertiary/aromatic N) is 2. The van der Waals surface area contributed by atoms with Crippen LogP contribution in [0, 0.1) is 16.0 Å². The molecule has 0 aromatic rings. The van der Waals surface area contributed by atoms with E-state index in [1.54, 1.807) is 19.0 Å². The fourth-order valence-corrected chi connectivity index (χ4v) is 1.98. The zero-order chi connectivity index (χ0) is 12.1. The first-order chi connectivity index (χ1) is 7.52. The molecular weight excluding hydrogens is 278 g/mol. The van der Waals surface area contributed by atoms with Gasteiger partial charge in [0.05, 0.1) is 11.5 Å². The van der Waals surface area contributed by atoms with Gasteiger partial charge < -0.3 is 15.0 Å². The summed E-state index contributed by atoms with van der Waals surface area (Å²) < 4.78 is 5.20. The van der Waals surface area contributed by atoms with Gasteiger partial charge >= 0.3 is 4.61 Å². The monoisotopic (exact) mass is 293 g/mol.